The zero-order valence-corrected chi connectivity index (χ0v) is 15.0. The van der Waals surface area contributed by atoms with Crippen LogP contribution in [0.15, 0.2) is 59.5 Å². The molecule has 1 aliphatic heterocycles. The molecule has 0 bridgehead atoms. The van der Waals surface area contributed by atoms with Gasteiger partial charge in [-0.25, -0.2) is 8.42 Å². The summed E-state index contributed by atoms with van der Waals surface area (Å²) in [6.45, 7) is 4.03. The number of piperazine rings is 1. The molecule has 3 rings (SSSR count). The lowest BCUT2D eigenvalue weighted by atomic mass is 10.1. The van der Waals surface area contributed by atoms with Crippen molar-refractivity contribution in [1.29, 1.82) is 0 Å². The number of benzene rings is 2. The van der Waals surface area contributed by atoms with E-state index in [0.29, 0.717) is 24.2 Å². The maximum Gasteiger partial charge on any atom is 0.254 e. The van der Waals surface area contributed by atoms with Crippen LogP contribution in [0, 0.1) is 0 Å². The van der Waals surface area contributed by atoms with Gasteiger partial charge in [0.05, 0.1) is 10.6 Å². The standard InChI is InChI=1S/C19H22N2O3S/c1-15-13-21(12-11-20-15)19(22)18-10-6-5-7-16(18)14-25(23,24)17-8-3-2-4-9-17/h2-10,15,20H,11-14H2,1H3/t15-/m1/s1. The lowest BCUT2D eigenvalue weighted by molar-refractivity contribution is 0.0708. The first kappa shape index (κ1) is 17.6. The predicted molar refractivity (Wildman–Crippen MR) is 97.1 cm³/mol. The predicted octanol–water partition coefficient (Wildman–Crippen LogP) is 2.09. The number of nitrogens with zero attached hydrogens (tertiary/aromatic N) is 1. The van der Waals surface area contributed by atoms with Gasteiger partial charge >= 0.3 is 0 Å². The summed E-state index contributed by atoms with van der Waals surface area (Å²) in [5.41, 5.74) is 1.01. The number of hydrogen-bond donors (Lipinski definition) is 1. The highest BCUT2D eigenvalue weighted by Gasteiger charge is 2.25. The van der Waals surface area contributed by atoms with Crippen LogP contribution in [0.4, 0.5) is 0 Å². The second-order valence-corrected chi connectivity index (χ2v) is 8.33. The van der Waals surface area contributed by atoms with Crippen molar-refractivity contribution in [3.8, 4) is 0 Å². The van der Waals surface area contributed by atoms with Gasteiger partial charge in [-0.3, -0.25) is 4.79 Å². The average Bonchev–Trinajstić information content (AvgIpc) is 2.62. The first-order valence-corrected chi connectivity index (χ1v) is 10.0. The minimum atomic E-state index is -3.49. The number of amides is 1. The smallest absolute Gasteiger partial charge is 0.254 e. The summed E-state index contributed by atoms with van der Waals surface area (Å²) in [4.78, 5) is 14.9. The zero-order valence-electron chi connectivity index (χ0n) is 14.2. The summed E-state index contributed by atoms with van der Waals surface area (Å²) in [7, 11) is -3.49. The van der Waals surface area contributed by atoms with Gasteiger partial charge < -0.3 is 10.2 Å². The molecule has 0 radical (unpaired) electrons. The van der Waals surface area contributed by atoms with E-state index >= 15 is 0 Å². The minimum Gasteiger partial charge on any atom is -0.336 e. The molecule has 1 heterocycles. The Morgan fingerprint density at radius 2 is 1.80 bits per heavy atom. The minimum absolute atomic E-state index is 0.104. The van der Waals surface area contributed by atoms with Gasteiger partial charge in [0.15, 0.2) is 9.84 Å². The van der Waals surface area contributed by atoms with Crippen molar-refractivity contribution in [3.63, 3.8) is 0 Å². The Labute approximate surface area is 148 Å². The zero-order chi connectivity index (χ0) is 17.9. The largest absolute Gasteiger partial charge is 0.336 e. The van der Waals surface area contributed by atoms with Crippen LogP contribution in [0.1, 0.15) is 22.8 Å². The lowest BCUT2D eigenvalue weighted by Gasteiger charge is -2.32. The Morgan fingerprint density at radius 1 is 1.12 bits per heavy atom. The fraction of sp³-hybridized carbons (Fsp3) is 0.316. The number of rotatable bonds is 4. The van der Waals surface area contributed by atoms with Gasteiger partial charge in [0, 0.05) is 31.2 Å². The molecule has 2 aromatic rings. The van der Waals surface area contributed by atoms with E-state index in [0.717, 1.165) is 6.54 Å². The van der Waals surface area contributed by atoms with Gasteiger partial charge in [0.25, 0.3) is 5.91 Å². The van der Waals surface area contributed by atoms with Crippen LogP contribution in [0.2, 0.25) is 0 Å². The third kappa shape index (κ3) is 4.08. The van der Waals surface area contributed by atoms with Crippen molar-refractivity contribution in [1.82, 2.24) is 10.2 Å². The Hall–Kier alpha value is -2.18. The maximum absolute atomic E-state index is 12.9. The van der Waals surface area contributed by atoms with E-state index in [1.165, 1.54) is 0 Å². The molecule has 1 saturated heterocycles. The number of hydrogen-bond acceptors (Lipinski definition) is 4. The first-order valence-electron chi connectivity index (χ1n) is 8.36. The molecule has 132 valence electrons. The summed E-state index contributed by atoms with van der Waals surface area (Å²) in [6, 6.07) is 15.6. The van der Waals surface area contributed by atoms with Gasteiger partial charge in [-0.2, -0.15) is 0 Å². The van der Waals surface area contributed by atoms with Crippen molar-refractivity contribution in [2.24, 2.45) is 0 Å². The summed E-state index contributed by atoms with van der Waals surface area (Å²) in [5, 5.41) is 3.30. The molecule has 6 heteroatoms. The monoisotopic (exact) mass is 358 g/mol. The van der Waals surface area contributed by atoms with Crippen LogP contribution in [0.3, 0.4) is 0 Å². The van der Waals surface area contributed by atoms with Crippen LogP contribution in [-0.4, -0.2) is 44.9 Å². The molecule has 5 nitrogen and oxygen atoms in total. The van der Waals surface area contributed by atoms with Crippen LogP contribution >= 0.6 is 0 Å². The summed E-state index contributed by atoms with van der Waals surface area (Å²) < 4.78 is 25.3. The van der Waals surface area contributed by atoms with E-state index in [1.807, 2.05) is 6.92 Å². The quantitative estimate of drug-likeness (QED) is 0.909. The van der Waals surface area contributed by atoms with E-state index in [2.05, 4.69) is 5.32 Å². The third-order valence-electron chi connectivity index (χ3n) is 4.35. The molecule has 1 amide bonds. The molecule has 1 atom stereocenters. The highest BCUT2D eigenvalue weighted by atomic mass is 32.2. The van der Waals surface area contributed by atoms with Crippen molar-refractivity contribution < 1.29 is 13.2 Å². The molecule has 0 aliphatic carbocycles. The van der Waals surface area contributed by atoms with Gasteiger partial charge in [-0.1, -0.05) is 36.4 Å². The van der Waals surface area contributed by atoms with Crippen LogP contribution < -0.4 is 5.32 Å². The van der Waals surface area contributed by atoms with E-state index < -0.39 is 9.84 Å². The summed E-state index contributed by atoms with van der Waals surface area (Å²) in [6.07, 6.45) is 0. The number of carbonyl (C=O) groups excluding carboxylic acids is 1. The Balaban J connectivity index is 1.87. The second kappa shape index (κ2) is 7.37. The molecule has 0 unspecified atom stereocenters. The molecular weight excluding hydrogens is 336 g/mol. The third-order valence-corrected chi connectivity index (χ3v) is 6.03. The van der Waals surface area contributed by atoms with E-state index in [9.17, 15) is 13.2 Å². The van der Waals surface area contributed by atoms with Crippen LogP contribution in [-0.2, 0) is 15.6 Å². The van der Waals surface area contributed by atoms with Gasteiger partial charge in [-0.15, -0.1) is 0 Å². The maximum atomic E-state index is 12.9. The van der Waals surface area contributed by atoms with E-state index in [1.54, 1.807) is 59.5 Å². The Bertz CT molecular complexity index is 850. The van der Waals surface area contributed by atoms with Crippen LogP contribution in [0.25, 0.3) is 0 Å². The normalized spacial score (nSPS) is 18.1. The van der Waals surface area contributed by atoms with Crippen molar-refractivity contribution in [2.75, 3.05) is 19.6 Å². The summed E-state index contributed by atoms with van der Waals surface area (Å²) in [5.74, 6) is -0.284. The molecule has 25 heavy (non-hydrogen) atoms. The first-order chi connectivity index (χ1) is 12.0. The number of nitrogens with one attached hydrogen (secondary N) is 1. The van der Waals surface area contributed by atoms with Gasteiger partial charge in [0.1, 0.15) is 0 Å². The molecule has 1 fully saturated rings. The molecule has 1 N–H and O–H groups in total. The van der Waals surface area contributed by atoms with Crippen molar-refractivity contribution in [2.45, 2.75) is 23.6 Å². The molecule has 0 aromatic heterocycles. The fourth-order valence-electron chi connectivity index (χ4n) is 3.06. The SMILES string of the molecule is C[C@@H]1CN(C(=O)c2ccccc2CS(=O)(=O)c2ccccc2)CCN1. The van der Waals surface area contributed by atoms with Crippen molar-refractivity contribution >= 4 is 15.7 Å². The highest BCUT2D eigenvalue weighted by molar-refractivity contribution is 7.90. The topological polar surface area (TPSA) is 66.5 Å². The summed E-state index contributed by atoms with van der Waals surface area (Å²) >= 11 is 0. The van der Waals surface area contributed by atoms with E-state index in [-0.39, 0.29) is 22.6 Å². The van der Waals surface area contributed by atoms with Crippen LogP contribution in [0.5, 0.6) is 0 Å². The number of carbonyl (C=O) groups is 1. The molecule has 1 aliphatic rings. The molecule has 0 saturated carbocycles. The fourth-order valence-corrected chi connectivity index (χ4v) is 4.46. The highest BCUT2D eigenvalue weighted by Crippen LogP contribution is 2.20. The number of sulfone groups is 1. The Kier molecular flexibility index (Phi) is 5.20. The molecule has 2 aromatic carbocycles. The Morgan fingerprint density at radius 3 is 2.52 bits per heavy atom. The average molecular weight is 358 g/mol. The second-order valence-electron chi connectivity index (χ2n) is 6.34. The lowest BCUT2D eigenvalue weighted by Crippen LogP contribution is -2.51. The van der Waals surface area contributed by atoms with E-state index in [4.69, 9.17) is 0 Å². The molecule has 0 spiro atoms. The van der Waals surface area contributed by atoms with Gasteiger partial charge in [0.2, 0.25) is 0 Å². The molecular formula is C19H22N2O3S. The van der Waals surface area contributed by atoms with Gasteiger partial charge in [-0.05, 0) is 30.7 Å². The van der Waals surface area contributed by atoms with Crippen molar-refractivity contribution in [3.05, 3.63) is 65.7 Å².